The van der Waals surface area contributed by atoms with Gasteiger partial charge in [-0.3, -0.25) is 0 Å². The van der Waals surface area contributed by atoms with Crippen molar-refractivity contribution in [3.05, 3.63) is 181 Å². The molecule has 3 heteroatoms. The van der Waals surface area contributed by atoms with E-state index in [-0.39, 0.29) is 5.41 Å². The van der Waals surface area contributed by atoms with Crippen LogP contribution in [0.2, 0.25) is 0 Å². The van der Waals surface area contributed by atoms with Crippen LogP contribution in [0.25, 0.3) is 55.9 Å². The zero-order valence-electron chi connectivity index (χ0n) is 28.5. The van der Waals surface area contributed by atoms with E-state index in [9.17, 15) is 0 Å². The Labute approximate surface area is 294 Å². The monoisotopic (exact) mass is 646 g/mol. The number of benzene rings is 7. The minimum Gasteiger partial charge on any atom is -0.436 e. The molecule has 50 heavy (non-hydrogen) atoms. The summed E-state index contributed by atoms with van der Waals surface area (Å²) in [5.74, 6) is 0.642. The van der Waals surface area contributed by atoms with E-state index in [4.69, 9.17) is 9.40 Å². The number of hydrogen-bond donors (Lipinski definition) is 0. The summed E-state index contributed by atoms with van der Waals surface area (Å²) in [5, 5.41) is 0. The molecule has 0 saturated heterocycles. The van der Waals surface area contributed by atoms with Crippen LogP contribution in [0.5, 0.6) is 0 Å². The zero-order valence-corrected chi connectivity index (χ0v) is 28.5. The molecule has 0 amide bonds. The maximum atomic E-state index is 6.25. The van der Waals surface area contributed by atoms with Crippen molar-refractivity contribution in [2.24, 2.45) is 0 Å². The molecule has 0 aliphatic heterocycles. The van der Waals surface area contributed by atoms with Gasteiger partial charge < -0.3 is 9.32 Å². The van der Waals surface area contributed by atoms with E-state index in [1.165, 1.54) is 33.4 Å². The first kappa shape index (κ1) is 31.1. The smallest absolute Gasteiger partial charge is 0.227 e. The molecule has 0 radical (unpaired) electrons. The fraction of sp³-hybridized carbons (Fsp3) is 0.0851. The molecule has 0 aliphatic carbocycles. The first-order valence-electron chi connectivity index (χ1n) is 17.1. The second kappa shape index (κ2) is 13.0. The van der Waals surface area contributed by atoms with E-state index in [1.807, 2.05) is 12.1 Å². The van der Waals surface area contributed by atoms with Crippen molar-refractivity contribution in [3.63, 3.8) is 0 Å². The van der Waals surface area contributed by atoms with E-state index < -0.39 is 0 Å². The molecule has 0 unspecified atom stereocenters. The lowest BCUT2D eigenvalue weighted by Crippen LogP contribution is -2.11. The van der Waals surface area contributed by atoms with Crippen molar-refractivity contribution in [2.45, 2.75) is 26.2 Å². The second-order valence-electron chi connectivity index (χ2n) is 13.6. The Bertz CT molecular complexity index is 2340. The molecule has 0 spiro atoms. The molecule has 0 atom stereocenters. The molecular weight excluding hydrogens is 609 g/mol. The number of fused-ring (bicyclic) bond motifs is 1. The molecule has 0 N–H and O–H groups in total. The normalized spacial score (nSPS) is 11.5. The fourth-order valence-corrected chi connectivity index (χ4v) is 6.80. The number of nitrogens with zero attached hydrogens (tertiary/aromatic N) is 2. The number of anilines is 3. The number of rotatable bonds is 7. The number of aromatic nitrogens is 1. The van der Waals surface area contributed by atoms with Crippen LogP contribution in [-0.4, -0.2) is 4.98 Å². The molecular formula is C47H38N2O. The topological polar surface area (TPSA) is 29.3 Å². The first-order chi connectivity index (χ1) is 24.4. The molecule has 1 aromatic heterocycles. The van der Waals surface area contributed by atoms with Crippen LogP contribution in [0.1, 0.15) is 26.3 Å². The van der Waals surface area contributed by atoms with Gasteiger partial charge in [0, 0.05) is 22.6 Å². The Morgan fingerprint density at radius 3 is 1.38 bits per heavy atom. The van der Waals surface area contributed by atoms with Crippen molar-refractivity contribution in [2.75, 3.05) is 4.90 Å². The van der Waals surface area contributed by atoms with Gasteiger partial charge in [0.25, 0.3) is 0 Å². The maximum absolute atomic E-state index is 6.25. The van der Waals surface area contributed by atoms with Crippen molar-refractivity contribution >= 4 is 28.2 Å². The Balaban J connectivity index is 1.13. The van der Waals surface area contributed by atoms with Crippen LogP contribution in [-0.2, 0) is 5.41 Å². The van der Waals surface area contributed by atoms with Gasteiger partial charge in [-0.25, -0.2) is 4.98 Å². The molecule has 242 valence electrons. The van der Waals surface area contributed by atoms with Gasteiger partial charge in [-0.15, -0.1) is 0 Å². The summed E-state index contributed by atoms with van der Waals surface area (Å²) in [6.45, 7) is 6.63. The zero-order chi connectivity index (χ0) is 34.1. The standard InChI is InChI=1S/C47H38N2O/c1-47(2,3)43-23-14-24-44-45(43)48-46(50-44)35-27-25-33(26-28-35)39-19-10-12-21-41(39)42-22-13-11-20-40(42)34-29-31-38(32-30-34)49(36-15-6-4-7-16-36)37-17-8-5-9-18-37/h4-32H,1-3H3. The lowest BCUT2D eigenvalue weighted by Gasteiger charge is -2.25. The van der Waals surface area contributed by atoms with Crippen LogP contribution in [0, 0.1) is 0 Å². The SMILES string of the molecule is CC(C)(C)c1cccc2oc(-c3ccc(-c4ccccc4-c4ccccc4-c4ccc(N(c5ccccc5)c5ccccc5)cc4)cc3)nc12. The highest BCUT2D eigenvalue weighted by molar-refractivity contribution is 5.92. The Kier molecular flexibility index (Phi) is 8.10. The van der Waals surface area contributed by atoms with Gasteiger partial charge >= 0.3 is 0 Å². The van der Waals surface area contributed by atoms with Crippen molar-refractivity contribution < 1.29 is 4.42 Å². The highest BCUT2D eigenvalue weighted by Crippen LogP contribution is 2.41. The van der Waals surface area contributed by atoms with Crippen LogP contribution >= 0.6 is 0 Å². The summed E-state index contributed by atoms with van der Waals surface area (Å²) in [7, 11) is 0. The molecule has 7 aromatic carbocycles. The molecule has 0 bridgehead atoms. The van der Waals surface area contributed by atoms with Crippen molar-refractivity contribution in [3.8, 4) is 44.8 Å². The molecule has 0 saturated carbocycles. The quantitative estimate of drug-likeness (QED) is 0.173. The van der Waals surface area contributed by atoms with Crippen LogP contribution < -0.4 is 4.90 Å². The average Bonchev–Trinajstić information content (AvgIpc) is 3.61. The van der Waals surface area contributed by atoms with E-state index in [0.717, 1.165) is 39.3 Å². The number of hydrogen-bond acceptors (Lipinski definition) is 3. The molecule has 0 aliphatic rings. The van der Waals surface area contributed by atoms with Crippen molar-refractivity contribution in [1.82, 2.24) is 4.98 Å². The second-order valence-corrected chi connectivity index (χ2v) is 13.6. The summed E-state index contributed by atoms with van der Waals surface area (Å²) < 4.78 is 6.25. The van der Waals surface area contributed by atoms with Gasteiger partial charge in [0.1, 0.15) is 5.52 Å². The van der Waals surface area contributed by atoms with Gasteiger partial charge in [0.15, 0.2) is 5.58 Å². The fourth-order valence-electron chi connectivity index (χ4n) is 6.80. The summed E-state index contributed by atoms with van der Waals surface area (Å²) in [6, 6.07) is 62.0. The van der Waals surface area contributed by atoms with Gasteiger partial charge in [0.05, 0.1) is 0 Å². The molecule has 8 rings (SSSR count). The summed E-state index contributed by atoms with van der Waals surface area (Å²) in [6.07, 6.45) is 0. The highest BCUT2D eigenvalue weighted by atomic mass is 16.3. The van der Waals surface area contributed by atoms with Crippen LogP contribution in [0.3, 0.4) is 0 Å². The third-order valence-corrected chi connectivity index (χ3v) is 9.28. The maximum Gasteiger partial charge on any atom is 0.227 e. The van der Waals surface area contributed by atoms with Crippen LogP contribution in [0.15, 0.2) is 180 Å². The third-order valence-electron chi connectivity index (χ3n) is 9.28. The van der Waals surface area contributed by atoms with Crippen LogP contribution in [0.4, 0.5) is 17.1 Å². The van der Waals surface area contributed by atoms with Crippen molar-refractivity contribution in [1.29, 1.82) is 0 Å². The predicted octanol–water partition coefficient (Wildman–Crippen LogP) is 13.3. The van der Waals surface area contributed by atoms with Gasteiger partial charge in [0.2, 0.25) is 5.89 Å². The highest BCUT2D eigenvalue weighted by Gasteiger charge is 2.21. The average molecular weight is 647 g/mol. The van der Waals surface area contributed by atoms with Gasteiger partial charge in [-0.05, 0) is 99.0 Å². The predicted molar refractivity (Wildman–Crippen MR) is 209 cm³/mol. The largest absolute Gasteiger partial charge is 0.436 e. The first-order valence-corrected chi connectivity index (χ1v) is 17.1. The lowest BCUT2D eigenvalue weighted by atomic mass is 9.86. The molecule has 8 aromatic rings. The van der Waals surface area contributed by atoms with E-state index in [0.29, 0.717) is 5.89 Å². The molecule has 0 fully saturated rings. The summed E-state index contributed by atoms with van der Waals surface area (Å²) in [5.41, 5.74) is 14.3. The third kappa shape index (κ3) is 5.99. The Morgan fingerprint density at radius 1 is 0.420 bits per heavy atom. The minimum atomic E-state index is -0.0236. The molecule has 1 heterocycles. The number of oxazole rings is 1. The summed E-state index contributed by atoms with van der Waals surface area (Å²) in [4.78, 5) is 7.23. The van der Waals surface area contributed by atoms with E-state index in [2.05, 4.69) is 189 Å². The van der Waals surface area contributed by atoms with Gasteiger partial charge in [-0.1, -0.05) is 142 Å². The number of para-hydroxylation sites is 3. The van der Waals surface area contributed by atoms with E-state index >= 15 is 0 Å². The van der Waals surface area contributed by atoms with E-state index in [1.54, 1.807) is 0 Å². The minimum absolute atomic E-state index is 0.0236. The van der Waals surface area contributed by atoms with Gasteiger partial charge in [-0.2, -0.15) is 0 Å². The summed E-state index contributed by atoms with van der Waals surface area (Å²) >= 11 is 0. The molecule has 3 nitrogen and oxygen atoms in total. The Hall–Kier alpha value is -6.19. The lowest BCUT2D eigenvalue weighted by molar-refractivity contribution is 0.593. The Morgan fingerprint density at radius 2 is 0.860 bits per heavy atom.